The summed E-state index contributed by atoms with van der Waals surface area (Å²) in [6.45, 7) is 3.99. The number of aryl methyl sites for hydroxylation is 1. The van der Waals surface area contributed by atoms with Gasteiger partial charge in [-0.15, -0.1) is 0 Å². The standard InChI is InChI=1S/C14H18ClN3/c1-3-6-16-8-12-5-4-11(7-14(12)15)13-9-17-18(2)10-13/h4-5,7,9-10,16H,3,6,8H2,1-2H3. The van der Waals surface area contributed by atoms with Crippen LogP contribution in [0.5, 0.6) is 0 Å². The highest BCUT2D eigenvalue weighted by molar-refractivity contribution is 6.31. The Hall–Kier alpha value is -1.32. The highest BCUT2D eigenvalue weighted by Crippen LogP contribution is 2.25. The van der Waals surface area contributed by atoms with Crippen molar-refractivity contribution in [1.82, 2.24) is 15.1 Å². The summed E-state index contributed by atoms with van der Waals surface area (Å²) in [5.41, 5.74) is 3.33. The third kappa shape index (κ3) is 3.12. The van der Waals surface area contributed by atoms with Gasteiger partial charge in [-0.05, 0) is 30.2 Å². The van der Waals surface area contributed by atoms with Crippen molar-refractivity contribution in [2.45, 2.75) is 19.9 Å². The topological polar surface area (TPSA) is 29.9 Å². The molecule has 0 spiro atoms. The molecule has 4 heteroatoms. The Kier molecular flexibility index (Phi) is 4.39. The molecule has 3 nitrogen and oxygen atoms in total. The largest absolute Gasteiger partial charge is 0.313 e. The van der Waals surface area contributed by atoms with Gasteiger partial charge in [0.05, 0.1) is 6.20 Å². The summed E-state index contributed by atoms with van der Waals surface area (Å²) in [6, 6.07) is 6.17. The fourth-order valence-electron chi connectivity index (χ4n) is 1.84. The zero-order valence-electron chi connectivity index (χ0n) is 10.8. The molecule has 0 amide bonds. The van der Waals surface area contributed by atoms with Crippen LogP contribution in [0.2, 0.25) is 5.02 Å². The number of nitrogens with one attached hydrogen (secondary N) is 1. The van der Waals surface area contributed by atoms with Gasteiger partial charge in [-0.3, -0.25) is 4.68 Å². The lowest BCUT2D eigenvalue weighted by molar-refractivity contribution is 0.675. The Morgan fingerprint density at radius 2 is 2.17 bits per heavy atom. The highest BCUT2D eigenvalue weighted by Gasteiger charge is 2.05. The van der Waals surface area contributed by atoms with Crippen LogP contribution in [0.15, 0.2) is 30.6 Å². The van der Waals surface area contributed by atoms with Crippen molar-refractivity contribution in [2.75, 3.05) is 6.54 Å². The third-order valence-electron chi connectivity index (χ3n) is 2.83. The van der Waals surface area contributed by atoms with Crippen LogP contribution in [0.4, 0.5) is 0 Å². The second-order valence-electron chi connectivity index (χ2n) is 4.39. The molecular formula is C14H18ClN3. The molecule has 1 aromatic carbocycles. The molecule has 0 unspecified atom stereocenters. The van der Waals surface area contributed by atoms with E-state index in [0.717, 1.165) is 41.2 Å². The number of hydrogen-bond donors (Lipinski definition) is 1. The van der Waals surface area contributed by atoms with Crippen LogP contribution in [0.3, 0.4) is 0 Å². The van der Waals surface area contributed by atoms with Crippen molar-refractivity contribution >= 4 is 11.6 Å². The highest BCUT2D eigenvalue weighted by atomic mass is 35.5. The Labute approximate surface area is 113 Å². The predicted molar refractivity (Wildman–Crippen MR) is 75.7 cm³/mol. The van der Waals surface area contributed by atoms with Crippen molar-refractivity contribution in [3.63, 3.8) is 0 Å². The summed E-state index contributed by atoms with van der Waals surface area (Å²) >= 11 is 6.30. The maximum atomic E-state index is 6.30. The number of hydrogen-bond acceptors (Lipinski definition) is 2. The van der Waals surface area contributed by atoms with E-state index in [1.54, 1.807) is 4.68 Å². The van der Waals surface area contributed by atoms with Gasteiger partial charge in [0.1, 0.15) is 0 Å². The first-order valence-electron chi connectivity index (χ1n) is 6.19. The van der Waals surface area contributed by atoms with Crippen molar-refractivity contribution in [3.05, 3.63) is 41.2 Å². The smallest absolute Gasteiger partial charge is 0.0568 e. The number of rotatable bonds is 5. The Balaban J connectivity index is 2.14. The van der Waals surface area contributed by atoms with E-state index in [-0.39, 0.29) is 0 Å². The lowest BCUT2D eigenvalue weighted by Crippen LogP contribution is -2.13. The van der Waals surface area contributed by atoms with Gasteiger partial charge in [0, 0.05) is 30.4 Å². The first-order valence-corrected chi connectivity index (χ1v) is 6.56. The second kappa shape index (κ2) is 6.03. The van der Waals surface area contributed by atoms with Crippen LogP contribution in [-0.4, -0.2) is 16.3 Å². The summed E-state index contributed by atoms with van der Waals surface area (Å²) in [7, 11) is 1.91. The van der Waals surface area contributed by atoms with Crippen molar-refractivity contribution in [1.29, 1.82) is 0 Å². The van der Waals surface area contributed by atoms with Gasteiger partial charge in [-0.2, -0.15) is 5.10 Å². The molecule has 1 heterocycles. The van der Waals surface area contributed by atoms with E-state index >= 15 is 0 Å². The van der Waals surface area contributed by atoms with E-state index in [1.807, 2.05) is 25.5 Å². The molecule has 0 aliphatic rings. The molecule has 0 radical (unpaired) electrons. The van der Waals surface area contributed by atoms with Gasteiger partial charge in [-0.1, -0.05) is 30.7 Å². The first kappa shape index (κ1) is 13.1. The zero-order chi connectivity index (χ0) is 13.0. The van der Waals surface area contributed by atoms with Crippen LogP contribution in [-0.2, 0) is 13.6 Å². The molecule has 1 N–H and O–H groups in total. The van der Waals surface area contributed by atoms with Crippen LogP contribution >= 0.6 is 11.6 Å². The zero-order valence-corrected chi connectivity index (χ0v) is 11.5. The monoisotopic (exact) mass is 263 g/mol. The molecule has 0 aliphatic carbocycles. The van der Waals surface area contributed by atoms with E-state index in [4.69, 9.17) is 11.6 Å². The number of halogens is 1. The van der Waals surface area contributed by atoms with Crippen LogP contribution in [0, 0.1) is 0 Å². The summed E-state index contributed by atoms with van der Waals surface area (Å²) in [5, 5.41) is 8.33. The number of aromatic nitrogens is 2. The van der Waals surface area contributed by atoms with E-state index in [2.05, 4.69) is 29.5 Å². The lowest BCUT2D eigenvalue weighted by atomic mass is 10.1. The van der Waals surface area contributed by atoms with E-state index < -0.39 is 0 Å². The van der Waals surface area contributed by atoms with Gasteiger partial charge in [0.25, 0.3) is 0 Å². The SMILES string of the molecule is CCCNCc1ccc(-c2cnn(C)c2)cc1Cl. The maximum Gasteiger partial charge on any atom is 0.0568 e. The first-order chi connectivity index (χ1) is 8.70. The van der Waals surface area contributed by atoms with Crippen molar-refractivity contribution in [3.8, 4) is 11.1 Å². The minimum absolute atomic E-state index is 0.806. The fraction of sp³-hybridized carbons (Fsp3) is 0.357. The summed E-state index contributed by atoms with van der Waals surface area (Å²) < 4.78 is 1.79. The summed E-state index contributed by atoms with van der Waals surface area (Å²) in [4.78, 5) is 0. The molecule has 0 bridgehead atoms. The molecule has 0 atom stereocenters. The van der Waals surface area contributed by atoms with Gasteiger partial charge in [0.2, 0.25) is 0 Å². The molecule has 0 saturated carbocycles. The van der Waals surface area contributed by atoms with Crippen LogP contribution in [0.1, 0.15) is 18.9 Å². The van der Waals surface area contributed by atoms with Crippen molar-refractivity contribution < 1.29 is 0 Å². The molecule has 2 aromatic rings. The molecule has 96 valence electrons. The van der Waals surface area contributed by atoms with Crippen molar-refractivity contribution in [2.24, 2.45) is 7.05 Å². The van der Waals surface area contributed by atoms with Gasteiger partial charge in [0.15, 0.2) is 0 Å². The van der Waals surface area contributed by atoms with Crippen LogP contribution < -0.4 is 5.32 Å². The van der Waals surface area contributed by atoms with E-state index in [0.29, 0.717) is 0 Å². The Morgan fingerprint density at radius 1 is 1.33 bits per heavy atom. The maximum absolute atomic E-state index is 6.30. The van der Waals surface area contributed by atoms with Gasteiger partial charge in [-0.25, -0.2) is 0 Å². The summed E-state index contributed by atoms with van der Waals surface area (Å²) in [6.07, 6.45) is 4.97. The second-order valence-corrected chi connectivity index (χ2v) is 4.79. The third-order valence-corrected chi connectivity index (χ3v) is 3.19. The Bertz CT molecular complexity index is 520. The van der Waals surface area contributed by atoms with Crippen LogP contribution in [0.25, 0.3) is 11.1 Å². The van der Waals surface area contributed by atoms with Gasteiger partial charge >= 0.3 is 0 Å². The minimum Gasteiger partial charge on any atom is -0.313 e. The molecular weight excluding hydrogens is 246 g/mol. The quantitative estimate of drug-likeness (QED) is 0.840. The molecule has 2 rings (SSSR count). The average Bonchev–Trinajstić information content (AvgIpc) is 2.78. The van der Waals surface area contributed by atoms with E-state index in [1.165, 1.54) is 0 Å². The molecule has 1 aromatic heterocycles. The molecule has 0 saturated heterocycles. The Morgan fingerprint density at radius 3 is 2.78 bits per heavy atom. The summed E-state index contributed by atoms with van der Waals surface area (Å²) in [5.74, 6) is 0. The van der Waals surface area contributed by atoms with Gasteiger partial charge < -0.3 is 5.32 Å². The average molecular weight is 264 g/mol. The molecule has 0 aliphatic heterocycles. The normalized spacial score (nSPS) is 10.8. The van der Waals surface area contributed by atoms with E-state index in [9.17, 15) is 0 Å². The minimum atomic E-state index is 0.806. The fourth-order valence-corrected chi connectivity index (χ4v) is 2.09. The number of benzene rings is 1. The lowest BCUT2D eigenvalue weighted by Gasteiger charge is -2.07. The predicted octanol–water partition coefficient (Wildman–Crippen LogP) is 3.24. The molecule has 18 heavy (non-hydrogen) atoms. The number of nitrogens with zero attached hydrogens (tertiary/aromatic N) is 2. The molecule has 0 fully saturated rings.